The number of nitriles is 1. The number of carboxylic acid groups (broad SMARTS) is 1. The molecule has 1 amide bonds. The molecule has 31 heavy (non-hydrogen) atoms. The molecule has 162 valence electrons. The summed E-state index contributed by atoms with van der Waals surface area (Å²) < 4.78 is 29.7. The van der Waals surface area contributed by atoms with E-state index in [2.05, 4.69) is 16.0 Å². The van der Waals surface area contributed by atoms with Crippen LogP contribution in [0.1, 0.15) is 24.0 Å². The van der Waals surface area contributed by atoms with Gasteiger partial charge in [0, 0.05) is 44.4 Å². The summed E-state index contributed by atoms with van der Waals surface area (Å²) in [5.74, 6) is 0.573. The number of hydrogen-bond donors (Lipinski definition) is 1. The van der Waals surface area contributed by atoms with Crippen LogP contribution in [-0.4, -0.2) is 66.5 Å². The quantitative estimate of drug-likeness (QED) is 0.752. The Labute approximate surface area is 179 Å². The molecule has 11 heteroatoms. The Morgan fingerprint density at radius 1 is 1.26 bits per heavy atom. The van der Waals surface area contributed by atoms with Crippen LogP contribution in [0.3, 0.4) is 0 Å². The Morgan fingerprint density at radius 2 is 2.00 bits per heavy atom. The molecule has 4 rings (SSSR count). The standard InChI is InChI=1S/C20H21N5O5S/c1-31(28,29)15-2-3-17-13(10-15)4-9-25(17)18-16(11-21)19(23-12-22-18)30-14-5-7-24(8-6-14)20(26)27/h2-3,10,12,14H,4-9H2,1H3,(H,26,27). The van der Waals surface area contributed by atoms with E-state index in [1.165, 1.54) is 17.5 Å². The van der Waals surface area contributed by atoms with E-state index >= 15 is 0 Å². The van der Waals surface area contributed by atoms with Crippen LogP contribution in [0.5, 0.6) is 5.88 Å². The highest BCUT2D eigenvalue weighted by atomic mass is 32.2. The molecule has 1 N–H and O–H groups in total. The Hall–Kier alpha value is -3.39. The first kappa shape index (κ1) is 20.9. The first-order valence-corrected chi connectivity index (χ1v) is 11.7. The SMILES string of the molecule is CS(=O)(=O)c1ccc2c(c1)CCN2c1ncnc(OC2CCN(C(=O)O)CC2)c1C#N. The molecule has 1 aromatic heterocycles. The molecule has 1 aromatic carbocycles. The molecular formula is C20H21N5O5S. The minimum atomic E-state index is -3.31. The average Bonchev–Trinajstić information content (AvgIpc) is 3.16. The summed E-state index contributed by atoms with van der Waals surface area (Å²) in [6.07, 6.45) is 2.96. The van der Waals surface area contributed by atoms with Gasteiger partial charge in [0.25, 0.3) is 0 Å². The van der Waals surface area contributed by atoms with Gasteiger partial charge in [-0.1, -0.05) is 0 Å². The average molecular weight is 443 g/mol. The smallest absolute Gasteiger partial charge is 0.407 e. The molecule has 10 nitrogen and oxygen atoms in total. The molecule has 0 saturated carbocycles. The summed E-state index contributed by atoms with van der Waals surface area (Å²) >= 11 is 0. The van der Waals surface area contributed by atoms with Gasteiger partial charge in [-0.25, -0.2) is 23.2 Å². The van der Waals surface area contributed by atoms with Crippen molar-refractivity contribution in [1.82, 2.24) is 14.9 Å². The van der Waals surface area contributed by atoms with Crippen LogP contribution in [0, 0.1) is 11.3 Å². The second-order valence-corrected chi connectivity index (χ2v) is 9.56. The number of anilines is 2. The Bertz CT molecular complexity index is 1170. The summed E-state index contributed by atoms with van der Waals surface area (Å²) in [7, 11) is -3.31. The van der Waals surface area contributed by atoms with Crippen LogP contribution in [-0.2, 0) is 16.3 Å². The zero-order chi connectivity index (χ0) is 22.2. The molecule has 2 aliphatic heterocycles. The fourth-order valence-corrected chi connectivity index (χ4v) is 4.58. The topological polar surface area (TPSA) is 137 Å². The van der Waals surface area contributed by atoms with E-state index in [1.807, 2.05) is 4.90 Å². The minimum Gasteiger partial charge on any atom is -0.473 e. The van der Waals surface area contributed by atoms with Gasteiger partial charge >= 0.3 is 6.09 Å². The Kier molecular flexibility index (Phi) is 5.41. The Morgan fingerprint density at radius 3 is 2.65 bits per heavy atom. The third kappa shape index (κ3) is 4.11. The molecule has 0 bridgehead atoms. The number of benzene rings is 1. The first-order chi connectivity index (χ1) is 14.8. The second-order valence-electron chi connectivity index (χ2n) is 7.54. The van der Waals surface area contributed by atoms with E-state index in [0.29, 0.717) is 44.7 Å². The normalized spacial score (nSPS) is 16.6. The van der Waals surface area contributed by atoms with Crippen molar-refractivity contribution >= 4 is 27.4 Å². The molecule has 1 fully saturated rings. The van der Waals surface area contributed by atoms with Crippen LogP contribution < -0.4 is 9.64 Å². The number of piperidine rings is 1. The highest BCUT2D eigenvalue weighted by Gasteiger charge is 2.29. The summed E-state index contributed by atoms with van der Waals surface area (Å²) in [6, 6.07) is 7.07. The third-order valence-electron chi connectivity index (χ3n) is 5.53. The molecule has 0 spiro atoms. The predicted octanol–water partition coefficient (Wildman–Crippen LogP) is 1.97. The summed E-state index contributed by atoms with van der Waals surface area (Å²) in [5, 5.41) is 18.9. The van der Waals surface area contributed by atoms with Gasteiger partial charge in [0.2, 0.25) is 5.88 Å². The molecule has 3 heterocycles. The molecule has 0 atom stereocenters. The van der Waals surface area contributed by atoms with Crippen LogP contribution in [0.4, 0.5) is 16.3 Å². The lowest BCUT2D eigenvalue weighted by atomic mass is 10.1. The van der Waals surface area contributed by atoms with Crippen molar-refractivity contribution in [3.63, 3.8) is 0 Å². The van der Waals surface area contributed by atoms with Crippen LogP contribution in [0.2, 0.25) is 0 Å². The highest BCUT2D eigenvalue weighted by Crippen LogP contribution is 2.38. The Balaban J connectivity index is 1.59. The third-order valence-corrected chi connectivity index (χ3v) is 6.64. The molecule has 0 aliphatic carbocycles. The number of fused-ring (bicyclic) bond motifs is 1. The van der Waals surface area contributed by atoms with E-state index in [-0.39, 0.29) is 22.4 Å². The van der Waals surface area contributed by atoms with Gasteiger partial charge in [-0.2, -0.15) is 5.26 Å². The molecule has 0 unspecified atom stereocenters. The van der Waals surface area contributed by atoms with Crippen molar-refractivity contribution in [3.8, 4) is 11.9 Å². The number of rotatable bonds is 4. The number of carbonyl (C=O) groups is 1. The van der Waals surface area contributed by atoms with Gasteiger partial charge in [-0.3, -0.25) is 0 Å². The number of nitrogens with zero attached hydrogens (tertiary/aromatic N) is 5. The number of likely N-dealkylation sites (tertiary alicyclic amines) is 1. The lowest BCUT2D eigenvalue weighted by Crippen LogP contribution is -2.41. The first-order valence-electron chi connectivity index (χ1n) is 9.78. The summed E-state index contributed by atoms with van der Waals surface area (Å²) in [6.45, 7) is 1.27. The zero-order valence-electron chi connectivity index (χ0n) is 16.9. The molecule has 2 aliphatic rings. The van der Waals surface area contributed by atoms with E-state index in [4.69, 9.17) is 9.84 Å². The zero-order valence-corrected chi connectivity index (χ0v) is 17.7. The van der Waals surface area contributed by atoms with E-state index < -0.39 is 15.9 Å². The van der Waals surface area contributed by atoms with Gasteiger partial charge in [-0.05, 0) is 30.2 Å². The second kappa shape index (κ2) is 8.03. The summed E-state index contributed by atoms with van der Waals surface area (Å²) in [5.41, 5.74) is 1.86. The number of sulfone groups is 1. The molecule has 2 aromatic rings. The number of ether oxygens (including phenoxy) is 1. The van der Waals surface area contributed by atoms with Crippen molar-refractivity contribution in [1.29, 1.82) is 5.26 Å². The van der Waals surface area contributed by atoms with Gasteiger partial charge in [0.15, 0.2) is 21.2 Å². The van der Waals surface area contributed by atoms with Crippen molar-refractivity contribution in [2.45, 2.75) is 30.3 Å². The van der Waals surface area contributed by atoms with Crippen molar-refractivity contribution < 1.29 is 23.1 Å². The lowest BCUT2D eigenvalue weighted by Gasteiger charge is -2.30. The van der Waals surface area contributed by atoms with E-state index in [1.54, 1.807) is 18.2 Å². The van der Waals surface area contributed by atoms with Gasteiger partial charge in [0.1, 0.15) is 18.5 Å². The van der Waals surface area contributed by atoms with Gasteiger partial charge < -0.3 is 19.6 Å². The lowest BCUT2D eigenvalue weighted by molar-refractivity contribution is 0.0868. The number of amides is 1. The van der Waals surface area contributed by atoms with E-state index in [9.17, 15) is 18.5 Å². The minimum absolute atomic E-state index is 0.169. The van der Waals surface area contributed by atoms with Crippen LogP contribution >= 0.6 is 0 Å². The maximum atomic E-state index is 11.8. The number of hydrogen-bond acceptors (Lipinski definition) is 8. The molecular weight excluding hydrogens is 422 g/mol. The van der Waals surface area contributed by atoms with Crippen molar-refractivity contribution in [2.75, 3.05) is 30.8 Å². The van der Waals surface area contributed by atoms with Gasteiger partial charge in [0.05, 0.1) is 4.90 Å². The largest absolute Gasteiger partial charge is 0.473 e. The van der Waals surface area contributed by atoms with Gasteiger partial charge in [-0.15, -0.1) is 0 Å². The fraction of sp³-hybridized carbons (Fsp3) is 0.400. The number of aromatic nitrogens is 2. The van der Waals surface area contributed by atoms with E-state index in [0.717, 1.165) is 11.3 Å². The maximum absolute atomic E-state index is 11.8. The highest BCUT2D eigenvalue weighted by molar-refractivity contribution is 7.90. The van der Waals surface area contributed by atoms with Crippen molar-refractivity contribution in [3.05, 3.63) is 35.7 Å². The summed E-state index contributed by atoms with van der Waals surface area (Å²) in [4.78, 5) is 23.0. The maximum Gasteiger partial charge on any atom is 0.407 e. The fourth-order valence-electron chi connectivity index (χ4n) is 3.90. The van der Waals surface area contributed by atoms with Crippen LogP contribution in [0.15, 0.2) is 29.4 Å². The van der Waals surface area contributed by atoms with Crippen LogP contribution in [0.25, 0.3) is 0 Å². The monoisotopic (exact) mass is 443 g/mol. The molecule has 0 radical (unpaired) electrons. The van der Waals surface area contributed by atoms with Crippen molar-refractivity contribution in [2.24, 2.45) is 0 Å². The predicted molar refractivity (Wildman–Crippen MR) is 110 cm³/mol. The molecule has 1 saturated heterocycles.